The van der Waals surface area contributed by atoms with Crippen molar-refractivity contribution in [2.75, 3.05) is 0 Å². The van der Waals surface area contributed by atoms with Crippen molar-refractivity contribution in [2.45, 2.75) is 39.3 Å². The van der Waals surface area contributed by atoms with Gasteiger partial charge in [-0.1, -0.05) is 39.0 Å². The van der Waals surface area contributed by atoms with E-state index >= 15 is 0 Å². The Labute approximate surface area is 128 Å². The van der Waals surface area contributed by atoms with Gasteiger partial charge in [-0.3, -0.25) is 0 Å². The van der Waals surface area contributed by atoms with Crippen LogP contribution in [0.1, 0.15) is 37.0 Å². The molecule has 0 saturated heterocycles. The lowest BCUT2D eigenvalue weighted by Crippen LogP contribution is -2.11. The van der Waals surface area contributed by atoms with E-state index in [0.717, 1.165) is 33.7 Å². The molecule has 110 valence electrons. The number of thiazole rings is 1. The number of nitrogens with zero attached hydrogens (tertiary/aromatic N) is 2. The maximum atomic E-state index is 9.53. The molecule has 0 unspecified atom stereocenters. The number of rotatable bonds is 3. The van der Waals surface area contributed by atoms with E-state index in [1.807, 2.05) is 12.1 Å². The molecule has 3 nitrogen and oxygen atoms in total. The SMILES string of the molecule is CC(C)(C)c1csc(Cn2ccc3cccc(CO)c32)n1. The van der Waals surface area contributed by atoms with E-state index in [-0.39, 0.29) is 12.0 Å². The molecule has 0 atom stereocenters. The number of aliphatic hydroxyl groups is 1. The molecule has 4 heteroatoms. The predicted octanol–water partition coefficient (Wildman–Crippen LogP) is 3.94. The van der Waals surface area contributed by atoms with Gasteiger partial charge in [0.2, 0.25) is 0 Å². The zero-order valence-corrected chi connectivity index (χ0v) is 13.4. The Morgan fingerprint density at radius 1 is 1.24 bits per heavy atom. The number of aliphatic hydroxyl groups excluding tert-OH is 1. The summed E-state index contributed by atoms with van der Waals surface area (Å²) in [6, 6.07) is 8.13. The monoisotopic (exact) mass is 300 g/mol. The van der Waals surface area contributed by atoms with Crippen molar-refractivity contribution in [1.29, 1.82) is 0 Å². The maximum absolute atomic E-state index is 9.53. The van der Waals surface area contributed by atoms with Gasteiger partial charge in [0.25, 0.3) is 0 Å². The number of hydrogen-bond acceptors (Lipinski definition) is 3. The summed E-state index contributed by atoms with van der Waals surface area (Å²) in [5.74, 6) is 0. The van der Waals surface area contributed by atoms with Gasteiger partial charge in [-0.05, 0) is 11.5 Å². The molecule has 3 aromatic rings. The Balaban J connectivity index is 1.97. The van der Waals surface area contributed by atoms with Crippen molar-refractivity contribution in [3.05, 3.63) is 52.1 Å². The van der Waals surface area contributed by atoms with Crippen molar-refractivity contribution in [1.82, 2.24) is 9.55 Å². The normalized spacial score (nSPS) is 12.2. The molecule has 1 N–H and O–H groups in total. The summed E-state index contributed by atoms with van der Waals surface area (Å²) in [5.41, 5.74) is 3.29. The van der Waals surface area contributed by atoms with E-state index in [2.05, 4.69) is 49.0 Å². The molecule has 2 aromatic heterocycles. The second-order valence-electron chi connectivity index (χ2n) is 6.33. The van der Waals surface area contributed by atoms with Gasteiger partial charge in [0.15, 0.2) is 0 Å². The van der Waals surface area contributed by atoms with Gasteiger partial charge in [0.05, 0.1) is 24.4 Å². The molecule has 21 heavy (non-hydrogen) atoms. The fourth-order valence-electron chi connectivity index (χ4n) is 2.47. The minimum absolute atomic E-state index is 0.0620. The molecule has 0 aliphatic carbocycles. The molecule has 0 radical (unpaired) electrons. The molecule has 1 aromatic carbocycles. The predicted molar refractivity (Wildman–Crippen MR) is 87.8 cm³/mol. The first-order valence-corrected chi connectivity index (χ1v) is 7.99. The van der Waals surface area contributed by atoms with Crippen molar-refractivity contribution in [3.63, 3.8) is 0 Å². The summed E-state index contributed by atoms with van der Waals surface area (Å²) in [5, 5.41) is 13.9. The van der Waals surface area contributed by atoms with Crippen molar-refractivity contribution in [3.8, 4) is 0 Å². The highest BCUT2D eigenvalue weighted by Crippen LogP contribution is 2.26. The summed E-state index contributed by atoms with van der Waals surface area (Å²) in [4.78, 5) is 4.75. The van der Waals surface area contributed by atoms with Crippen LogP contribution in [0.4, 0.5) is 0 Å². The average Bonchev–Trinajstić information content (AvgIpc) is 3.06. The first-order chi connectivity index (χ1) is 9.99. The second kappa shape index (κ2) is 5.28. The number of hydrogen-bond donors (Lipinski definition) is 1. The van der Waals surface area contributed by atoms with Crippen LogP contribution in [0, 0.1) is 0 Å². The molecule has 0 bridgehead atoms. The minimum atomic E-state index is 0.0620. The van der Waals surface area contributed by atoms with Crippen molar-refractivity contribution in [2.24, 2.45) is 0 Å². The van der Waals surface area contributed by atoms with E-state index in [0.29, 0.717) is 0 Å². The lowest BCUT2D eigenvalue weighted by Gasteiger charge is -2.14. The molecule has 0 amide bonds. The minimum Gasteiger partial charge on any atom is -0.392 e. The number of aromatic nitrogens is 2. The summed E-state index contributed by atoms with van der Waals surface area (Å²) in [6.45, 7) is 7.36. The van der Waals surface area contributed by atoms with Gasteiger partial charge >= 0.3 is 0 Å². The summed E-state index contributed by atoms with van der Waals surface area (Å²) >= 11 is 1.70. The van der Waals surface area contributed by atoms with Crippen LogP contribution < -0.4 is 0 Å². The zero-order chi connectivity index (χ0) is 15.0. The van der Waals surface area contributed by atoms with Crippen LogP contribution in [0.15, 0.2) is 35.8 Å². The van der Waals surface area contributed by atoms with Crippen LogP contribution in [0.5, 0.6) is 0 Å². The summed E-state index contributed by atoms with van der Waals surface area (Å²) in [6.07, 6.45) is 2.07. The van der Waals surface area contributed by atoms with Gasteiger partial charge in [-0.25, -0.2) is 4.98 Å². The quantitative estimate of drug-likeness (QED) is 0.795. The molecule has 0 spiro atoms. The Hall–Kier alpha value is -1.65. The molecule has 3 rings (SSSR count). The highest BCUT2D eigenvalue weighted by atomic mass is 32.1. The number of benzene rings is 1. The van der Waals surface area contributed by atoms with Crippen LogP contribution in [0.25, 0.3) is 10.9 Å². The lowest BCUT2D eigenvalue weighted by atomic mass is 9.93. The molecular formula is C17H20N2OS. The van der Waals surface area contributed by atoms with Crippen LogP contribution in [0.2, 0.25) is 0 Å². The fraction of sp³-hybridized carbons (Fsp3) is 0.353. The highest BCUT2D eigenvalue weighted by Gasteiger charge is 2.17. The fourth-order valence-corrected chi connectivity index (χ4v) is 3.49. The van der Waals surface area contributed by atoms with Crippen LogP contribution in [0.3, 0.4) is 0 Å². The standard InChI is InChI=1S/C17H20N2OS/c1-17(2,3)14-11-21-15(18-14)9-19-8-7-12-5-4-6-13(10-20)16(12)19/h4-8,11,20H,9-10H2,1-3H3. The lowest BCUT2D eigenvalue weighted by molar-refractivity contribution is 0.283. The molecule has 0 aliphatic rings. The molecular weight excluding hydrogens is 280 g/mol. The molecule has 0 fully saturated rings. The third-order valence-electron chi connectivity index (χ3n) is 3.67. The van der Waals surface area contributed by atoms with E-state index in [1.165, 1.54) is 0 Å². The van der Waals surface area contributed by atoms with E-state index in [1.54, 1.807) is 11.3 Å². The second-order valence-corrected chi connectivity index (χ2v) is 7.28. The van der Waals surface area contributed by atoms with Gasteiger partial charge in [0, 0.05) is 22.6 Å². The van der Waals surface area contributed by atoms with Crippen LogP contribution >= 0.6 is 11.3 Å². The Kier molecular flexibility index (Phi) is 3.59. The first-order valence-electron chi connectivity index (χ1n) is 7.11. The van der Waals surface area contributed by atoms with Gasteiger partial charge in [-0.15, -0.1) is 11.3 Å². The van der Waals surface area contributed by atoms with E-state index in [4.69, 9.17) is 4.98 Å². The molecule has 2 heterocycles. The molecule has 0 aliphatic heterocycles. The topological polar surface area (TPSA) is 38.0 Å². The van der Waals surface area contributed by atoms with Gasteiger partial charge < -0.3 is 9.67 Å². The van der Waals surface area contributed by atoms with Gasteiger partial charge in [0.1, 0.15) is 5.01 Å². The number of para-hydroxylation sites is 1. The Bertz CT molecular complexity index is 765. The van der Waals surface area contributed by atoms with Crippen LogP contribution in [-0.2, 0) is 18.6 Å². The number of fused-ring (bicyclic) bond motifs is 1. The van der Waals surface area contributed by atoms with E-state index < -0.39 is 0 Å². The smallest absolute Gasteiger partial charge is 0.113 e. The Morgan fingerprint density at radius 2 is 2.05 bits per heavy atom. The largest absolute Gasteiger partial charge is 0.392 e. The maximum Gasteiger partial charge on any atom is 0.113 e. The zero-order valence-electron chi connectivity index (χ0n) is 12.6. The average molecular weight is 300 g/mol. The summed E-state index contributed by atoms with van der Waals surface area (Å²) < 4.78 is 2.17. The van der Waals surface area contributed by atoms with E-state index in [9.17, 15) is 5.11 Å². The highest BCUT2D eigenvalue weighted by molar-refractivity contribution is 7.09. The first kappa shape index (κ1) is 14.3. The van der Waals surface area contributed by atoms with Crippen LogP contribution in [-0.4, -0.2) is 14.7 Å². The molecule has 0 saturated carbocycles. The van der Waals surface area contributed by atoms with Crippen molar-refractivity contribution < 1.29 is 5.11 Å². The van der Waals surface area contributed by atoms with Crippen molar-refractivity contribution >= 4 is 22.2 Å². The van der Waals surface area contributed by atoms with Gasteiger partial charge in [-0.2, -0.15) is 0 Å². The Morgan fingerprint density at radius 3 is 2.71 bits per heavy atom. The summed E-state index contributed by atoms with van der Waals surface area (Å²) in [7, 11) is 0. The third-order valence-corrected chi connectivity index (χ3v) is 4.50. The third kappa shape index (κ3) is 2.74.